The lowest BCUT2D eigenvalue weighted by atomic mass is 10.00. The van der Waals surface area contributed by atoms with Crippen molar-refractivity contribution in [3.05, 3.63) is 71.2 Å². The van der Waals surface area contributed by atoms with E-state index in [0.717, 1.165) is 28.3 Å². The van der Waals surface area contributed by atoms with Gasteiger partial charge in [0, 0.05) is 54.6 Å². The van der Waals surface area contributed by atoms with Crippen molar-refractivity contribution < 1.29 is 13.5 Å². The Bertz CT molecular complexity index is 1320. The molecule has 1 saturated heterocycles. The van der Waals surface area contributed by atoms with Gasteiger partial charge in [0.1, 0.15) is 23.6 Å². The molecule has 1 aromatic carbocycles. The molecule has 4 heterocycles. The summed E-state index contributed by atoms with van der Waals surface area (Å²) in [5, 5.41) is 4.97. The Labute approximate surface area is 184 Å². The Morgan fingerprint density at radius 1 is 1.06 bits per heavy atom. The molecule has 1 atom stereocenters. The number of rotatable bonds is 3. The van der Waals surface area contributed by atoms with Gasteiger partial charge in [-0.15, -0.1) is 0 Å². The zero-order valence-electron chi connectivity index (χ0n) is 18.1. The molecule has 6 nitrogen and oxygen atoms in total. The Morgan fingerprint density at radius 3 is 2.66 bits per heavy atom. The maximum Gasteiger partial charge on any atom is 0.162 e. The van der Waals surface area contributed by atoms with Gasteiger partial charge in [0.25, 0.3) is 0 Å². The first-order valence-corrected chi connectivity index (χ1v) is 10.5. The van der Waals surface area contributed by atoms with Crippen LogP contribution in [0, 0.1) is 25.5 Å². The molecule has 0 radical (unpaired) electrons. The lowest BCUT2D eigenvalue weighted by Crippen LogP contribution is -2.38. The monoisotopic (exact) mass is 435 g/mol. The second-order valence-corrected chi connectivity index (χ2v) is 8.17. The summed E-state index contributed by atoms with van der Waals surface area (Å²) >= 11 is 0. The lowest BCUT2D eigenvalue weighted by molar-refractivity contribution is 0.0395. The zero-order valence-corrected chi connectivity index (χ0v) is 18.1. The van der Waals surface area contributed by atoms with Crippen LogP contribution >= 0.6 is 0 Å². The van der Waals surface area contributed by atoms with Crippen LogP contribution in [-0.4, -0.2) is 39.4 Å². The zero-order chi connectivity index (χ0) is 22.4. The Kier molecular flexibility index (Phi) is 5.09. The van der Waals surface area contributed by atoms with Crippen LogP contribution in [0.2, 0.25) is 0 Å². The molecule has 0 unspecified atom stereocenters. The summed E-state index contributed by atoms with van der Waals surface area (Å²) in [6.45, 7) is 5.64. The van der Waals surface area contributed by atoms with Gasteiger partial charge in [-0.2, -0.15) is 5.10 Å². The number of benzene rings is 1. The molecule has 0 aliphatic carbocycles. The smallest absolute Gasteiger partial charge is 0.162 e. The van der Waals surface area contributed by atoms with Gasteiger partial charge in [-0.25, -0.2) is 18.7 Å². The van der Waals surface area contributed by atoms with Gasteiger partial charge in [-0.05, 0) is 49.2 Å². The van der Waals surface area contributed by atoms with E-state index in [-0.39, 0.29) is 6.10 Å². The van der Waals surface area contributed by atoms with Crippen molar-refractivity contribution in [1.82, 2.24) is 19.7 Å². The van der Waals surface area contributed by atoms with Crippen LogP contribution in [0.5, 0.6) is 0 Å². The number of ether oxygens (including phenoxy) is 1. The van der Waals surface area contributed by atoms with Gasteiger partial charge in [-0.3, -0.25) is 4.68 Å². The highest BCUT2D eigenvalue weighted by atomic mass is 19.1. The number of nitrogens with zero attached hydrogens (tertiary/aromatic N) is 5. The minimum Gasteiger partial charge on any atom is -0.370 e. The van der Waals surface area contributed by atoms with E-state index in [9.17, 15) is 8.78 Å². The highest BCUT2D eigenvalue weighted by molar-refractivity contribution is 5.95. The topological polar surface area (TPSA) is 56.1 Å². The Morgan fingerprint density at radius 2 is 1.91 bits per heavy atom. The molecule has 1 aliphatic heterocycles. The molecule has 0 saturated carbocycles. The maximum absolute atomic E-state index is 14.8. The minimum atomic E-state index is -0.614. The van der Waals surface area contributed by atoms with E-state index in [4.69, 9.17) is 9.72 Å². The van der Waals surface area contributed by atoms with Gasteiger partial charge >= 0.3 is 0 Å². The van der Waals surface area contributed by atoms with Crippen molar-refractivity contribution in [3.63, 3.8) is 0 Å². The number of aromatic nitrogens is 4. The lowest BCUT2D eigenvalue weighted by Gasteiger charge is -2.33. The number of halogens is 2. The number of hydrogen-bond acceptors (Lipinski definition) is 5. The predicted octanol–water partition coefficient (Wildman–Crippen LogP) is 4.50. The van der Waals surface area contributed by atoms with Crippen LogP contribution in [0.25, 0.3) is 22.2 Å². The van der Waals surface area contributed by atoms with Gasteiger partial charge in [0.05, 0.1) is 12.8 Å². The first kappa shape index (κ1) is 20.5. The van der Waals surface area contributed by atoms with Crippen LogP contribution < -0.4 is 4.90 Å². The molecule has 4 aromatic rings. The summed E-state index contributed by atoms with van der Waals surface area (Å²) in [4.78, 5) is 11.6. The summed E-state index contributed by atoms with van der Waals surface area (Å²) in [5.74, 6) is -0.538. The third kappa shape index (κ3) is 3.71. The summed E-state index contributed by atoms with van der Waals surface area (Å²) in [6.07, 6.45) is 3.60. The van der Waals surface area contributed by atoms with Crippen LogP contribution in [0.15, 0.2) is 42.7 Å². The van der Waals surface area contributed by atoms with Crippen molar-refractivity contribution in [3.8, 4) is 11.1 Å². The number of pyridine rings is 2. The normalized spacial score (nSPS) is 16.7. The van der Waals surface area contributed by atoms with E-state index in [1.54, 1.807) is 10.9 Å². The summed E-state index contributed by atoms with van der Waals surface area (Å²) in [7, 11) is 1.87. The van der Waals surface area contributed by atoms with Crippen LogP contribution in [0.3, 0.4) is 0 Å². The summed E-state index contributed by atoms with van der Waals surface area (Å²) in [6, 6.07) is 7.47. The molecule has 164 valence electrons. The van der Waals surface area contributed by atoms with Gasteiger partial charge in [0.2, 0.25) is 0 Å². The quantitative estimate of drug-likeness (QED) is 0.474. The predicted molar refractivity (Wildman–Crippen MR) is 118 cm³/mol. The fourth-order valence-corrected chi connectivity index (χ4v) is 4.08. The van der Waals surface area contributed by atoms with Crippen LogP contribution in [0.4, 0.5) is 14.6 Å². The van der Waals surface area contributed by atoms with E-state index >= 15 is 0 Å². The van der Waals surface area contributed by atoms with Crippen molar-refractivity contribution in [1.29, 1.82) is 0 Å². The average molecular weight is 435 g/mol. The number of morpholine rings is 1. The summed E-state index contributed by atoms with van der Waals surface area (Å²) in [5.41, 5.74) is 4.34. The number of anilines is 1. The third-order valence-electron chi connectivity index (χ3n) is 5.94. The largest absolute Gasteiger partial charge is 0.370 e. The first-order valence-electron chi connectivity index (χ1n) is 10.5. The second-order valence-electron chi connectivity index (χ2n) is 8.17. The number of hydrogen-bond donors (Lipinski definition) is 0. The molecular formula is C24H23F2N5O. The standard InChI is InChI=1S/C24H23F2N5O/c1-14-8-20-19(18-5-4-17(25)9-21(18)26)10-23(29-24(20)28-15(14)2)31-6-7-32-22(13-31)16-11-27-30(3)12-16/h4-5,8-12,22H,6-7,13H2,1-3H3/t22-/m1/s1. The third-order valence-corrected chi connectivity index (χ3v) is 5.94. The minimum absolute atomic E-state index is 0.145. The summed E-state index contributed by atoms with van der Waals surface area (Å²) < 4.78 is 36.1. The first-order chi connectivity index (χ1) is 15.4. The SMILES string of the molecule is Cc1cc2c(-c3ccc(F)cc3F)cc(N3CCO[C@@H](c4cnn(C)c4)C3)nc2nc1C. The van der Waals surface area contributed by atoms with Crippen molar-refractivity contribution in [2.75, 3.05) is 24.6 Å². The molecule has 8 heteroatoms. The fourth-order valence-electron chi connectivity index (χ4n) is 4.08. The molecule has 1 fully saturated rings. The number of fused-ring (bicyclic) bond motifs is 1. The average Bonchev–Trinajstić information content (AvgIpc) is 3.21. The molecular weight excluding hydrogens is 412 g/mol. The van der Waals surface area contributed by atoms with Crippen LogP contribution in [0.1, 0.15) is 22.9 Å². The van der Waals surface area contributed by atoms with E-state index in [1.165, 1.54) is 12.1 Å². The molecule has 0 amide bonds. The van der Waals surface area contributed by atoms with Gasteiger partial charge in [0.15, 0.2) is 5.65 Å². The highest BCUT2D eigenvalue weighted by Crippen LogP contribution is 2.35. The second kappa shape index (κ2) is 7.94. The molecule has 32 heavy (non-hydrogen) atoms. The molecule has 5 rings (SSSR count). The molecule has 0 spiro atoms. The van der Waals surface area contributed by atoms with E-state index in [2.05, 4.69) is 15.0 Å². The maximum atomic E-state index is 14.8. The molecule has 0 N–H and O–H groups in total. The Hall–Kier alpha value is -3.39. The van der Waals surface area contributed by atoms with E-state index < -0.39 is 11.6 Å². The van der Waals surface area contributed by atoms with E-state index in [0.29, 0.717) is 42.3 Å². The molecule has 0 bridgehead atoms. The van der Waals surface area contributed by atoms with E-state index in [1.807, 2.05) is 39.2 Å². The van der Waals surface area contributed by atoms with Crippen LogP contribution in [-0.2, 0) is 11.8 Å². The Balaban J connectivity index is 1.62. The van der Waals surface area contributed by atoms with Crippen molar-refractivity contribution >= 4 is 16.9 Å². The molecule has 1 aliphatic rings. The highest BCUT2D eigenvalue weighted by Gasteiger charge is 2.25. The van der Waals surface area contributed by atoms with Crippen molar-refractivity contribution in [2.45, 2.75) is 20.0 Å². The molecule has 3 aromatic heterocycles. The fraction of sp³-hybridized carbons (Fsp3) is 0.292. The van der Waals surface area contributed by atoms with Gasteiger partial charge in [-0.1, -0.05) is 0 Å². The van der Waals surface area contributed by atoms with Crippen molar-refractivity contribution in [2.24, 2.45) is 7.05 Å². The number of aryl methyl sites for hydroxylation is 3. The van der Waals surface area contributed by atoms with Gasteiger partial charge < -0.3 is 9.64 Å².